The number of carbonyl (C=O) groups excluding carboxylic acids is 1. The summed E-state index contributed by atoms with van der Waals surface area (Å²) in [5, 5.41) is 2.65. The van der Waals surface area contributed by atoms with E-state index in [9.17, 15) is 4.79 Å². The number of methoxy groups -OCH3 is 2. The van der Waals surface area contributed by atoms with Crippen LogP contribution in [0.25, 0.3) is 0 Å². The van der Waals surface area contributed by atoms with Crippen molar-refractivity contribution in [1.82, 2.24) is 5.32 Å². The smallest absolute Gasteiger partial charge is 0.216 e. The highest BCUT2D eigenvalue weighted by atomic mass is 16.5. The molecule has 0 aliphatic rings. The Morgan fingerprint density at radius 3 is 2.29 bits per heavy atom. The van der Waals surface area contributed by atoms with E-state index in [0.717, 1.165) is 0 Å². The van der Waals surface area contributed by atoms with Gasteiger partial charge in [0.05, 0.1) is 20.8 Å². The van der Waals surface area contributed by atoms with Crippen molar-refractivity contribution < 1.29 is 19.0 Å². The van der Waals surface area contributed by atoms with Gasteiger partial charge in [-0.2, -0.15) is 0 Å². The van der Waals surface area contributed by atoms with Crippen LogP contribution in [0.1, 0.15) is 6.92 Å². The number of hydrogen-bond acceptors (Lipinski definition) is 4. The summed E-state index contributed by atoms with van der Waals surface area (Å²) in [6.07, 6.45) is 0. The van der Waals surface area contributed by atoms with Gasteiger partial charge in [-0.3, -0.25) is 4.79 Å². The monoisotopic (exact) mass is 239 g/mol. The van der Waals surface area contributed by atoms with Gasteiger partial charge in [0.25, 0.3) is 0 Å². The third-order valence-electron chi connectivity index (χ3n) is 2.11. The zero-order valence-electron chi connectivity index (χ0n) is 10.3. The Kier molecular flexibility index (Phi) is 5.13. The lowest BCUT2D eigenvalue weighted by Gasteiger charge is -2.13. The number of benzene rings is 1. The number of nitrogens with one attached hydrogen (secondary N) is 1. The molecule has 0 heterocycles. The molecule has 94 valence electrons. The van der Waals surface area contributed by atoms with Gasteiger partial charge in [-0.25, -0.2) is 0 Å². The second-order valence-corrected chi connectivity index (χ2v) is 3.32. The first-order valence-electron chi connectivity index (χ1n) is 5.27. The van der Waals surface area contributed by atoms with E-state index in [1.807, 2.05) is 6.07 Å². The molecule has 5 heteroatoms. The highest BCUT2D eigenvalue weighted by Gasteiger charge is 2.10. The molecule has 0 radical (unpaired) electrons. The van der Waals surface area contributed by atoms with Crippen molar-refractivity contribution in [1.29, 1.82) is 0 Å². The highest BCUT2D eigenvalue weighted by molar-refractivity contribution is 5.72. The number of para-hydroxylation sites is 1. The lowest BCUT2D eigenvalue weighted by molar-refractivity contribution is -0.119. The fourth-order valence-electron chi connectivity index (χ4n) is 1.34. The molecule has 0 spiro atoms. The highest BCUT2D eigenvalue weighted by Crippen LogP contribution is 2.36. The van der Waals surface area contributed by atoms with Crippen LogP contribution in [-0.4, -0.2) is 33.3 Å². The average Bonchev–Trinajstić information content (AvgIpc) is 2.34. The first kappa shape index (κ1) is 13.2. The van der Waals surface area contributed by atoms with Gasteiger partial charge >= 0.3 is 0 Å². The van der Waals surface area contributed by atoms with Crippen molar-refractivity contribution in [3.05, 3.63) is 18.2 Å². The normalized spacial score (nSPS) is 9.59. The average molecular weight is 239 g/mol. The fourth-order valence-corrected chi connectivity index (χ4v) is 1.34. The van der Waals surface area contributed by atoms with Crippen LogP contribution in [0, 0.1) is 0 Å². The largest absolute Gasteiger partial charge is 0.493 e. The van der Waals surface area contributed by atoms with Crippen LogP contribution >= 0.6 is 0 Å². The summed E-state index contributed by atoms with van der Waals surface area (Å²) in [6.45, 7) is 2.26. The quantitative estimate of drug-likeness (QED) is 0.758. The molecule has 0 fully saturated rings. The second kappa shape index (κ2) is 6.62. The lowest BCUT2D eigenvalue weighted by atomic mass is 10.3. The molecular formula is C12H17NO4. The second-order valence-electron chi connectivity index (χ2n) is 3.32. The van der Waals surface area contributed by atoms with Crippen LogP contribution in [0.5, 0.6) is 17.2 Å². The van der Waals surface area contributed by atoms with Crippen LogP contribution < -0.4 is 19.5 Å². The zero-order valence-corrected chi connectivity index (χ0v) is 10.3. The van der Waals surface area contributed by atoms with Gasteiger partial charge in [0.2, 0.25) is 11.7 Å². The van der Waals surface area contributed by atoms with Crippen LogP contribution in [-0.2, 0) is 4.79 Å². The molecule has 0 atom stereocenters. The minimum atomic E-state index is -0.0828. The first-order chi connectivity index (χ1) is 8.19. The van der Waals surface area contributed by atoms with Gasteiger partial charge in [-0.05, 0) is 12.1 Å². The molecule has 0 bridgehead atoms. The van der Waals surface area contributed by atoms with Crippen molar-refractivity contribution in [2.75, 3.05) is 27.4 Å². The number of amides is 1. The Morgan fingerprint density at radius 2 is 1.82 bits per heavy atom. The topological polar surface area (TPSA) is 56.8 Å². The third kappa shape index (κ3) is 3.86. The predicted octanol–water partition coefficient (Wildman–Crippen LogP) is 1.22. The molecule has 5 nitrogen and oxygen atoms in total. The van der Waals surface area contributed by atoms with E-state index < -0.39 is 0 Å². The molecule has 1 aromatic rings. The molecule has 1 rings (SSSR count). The Balaban J connectivity index is 2.64. The summed E-state index contributed by atoms with van der Waals surface area (Å²) in [6, 6.07) is 5.39. The maximum Gasteiger partial charge on any atom is 0.216 e. The minimum Gasteiger partial charge on any atom is -0.493 e. The fraction of sp³-hybridized carbons (Fsp3) is 0.417. The van der Waals surface area contributed by atoms with Crippen molar-refractivity contribution in [3.8, 4) is 17.2 Å². The maximum absolute atomic E-state index is 10.7. The summed E-state index contributed by atoms with van der Waals surface area (Å²) in [5.74, 6) is 1.67. The van der Waals surface area contributed by atoms with Crippen LogP contribution in [0.15, 0.2) is 18.2 Å². The van der Waals surface area contributed by atoms with Gasteiger partial charge in [0, 0.05) is 6.92 Å². The van der Waals surface area contributed by atoms with Crippen molar-refractivity contribution >= 4 is 5.91 Å². The summed E-state index contributed by atoms with van der Waals surface area (Å²) in [4.78, 5) is 10.7. The van der Waals surface area contributed by atoms with Crippen LogP contribution in [0.4, 0.5) is 0 Å². The van der Waals surface area contributed by atoms with Gasteiger partial charge in [-0.15, -0.1) is 0 Å². The third-order valence-corrected chi connectivity index (χ3v) is 2.11. The van der Waals surface area contributed by atoms with E-state index in [2.05, 4.69) is 5.32 Å². The van der Waals surface area contributed by atoms with E-state index in [1.165, 1.54) is 6.92 Å². The zero-order chi connectivity index (χ0) is 12.7. The first-order valence-corrected chi connectivity index (χ1v) is 5.27. The van der Waals surface area contributed by atoms with Crippen molar-refractivity contribution in [3.63, 3.8) is 0 Å². The molecule has 1 N–H and O–H groups in total. The minimum absolute atomic E-state index is 0.0828. The Labute approximate surface area is 101 Å². The SMILES string of the molecule is COc1cccc(OC)c1OCCNC(C)=O. The molecule has 0 aromatic heterocycles. The Morgan fingerprint density at radius 1 is 1.24 bits per heavy atom. The van der Waals surface area contributed by atoms with E-state index in [1.54, 1.807) is 26.4 Å². The standard InChI is InChI=1S/C12H17NO4/c1-9(14)13-7-8-17-12-10(15-2)5-4-6-11(12)16-3/h4-6H,7-8H2,1-3H3,(H,13,14). The predicted molar refractivity (Wildman–Crippen MR) is 63.7 cm³/mol. The van der Waals surface area contributed by atoms with Gasteiger partial charge in [-0.1, -0.05) is 6.07 Å². The molecule has 1 aromatic carbocycles. The summed E-state index contributed by atoms with van der Waals surface area (Å²) < 4.78 is 15.9. The van der Waals surface area contributed by atoms with E-state index in [-0.39, 0.29) is 5.91 Å². The van der Waals surface area contributed by atoms with Crippen LogP contribution in [0.2, 0.25) is 0 Å². The number of carbonyl (C=O) groups is 1. The molecule has 17 heavy (non-hydrogen) atoms. The Hall–Kier alpha value is -1.91. The summed E-state index contributed by atoms with van der Waals surface area (Å²) in [7, 11) is 3.13. The molecule has 0 aliphatic heterocycles. The molecule has 0 unspecified atom stereocenters. The number of ether oxygens (including phenoxy) is 3. The summed E-state index contributed by atoms with van der Waals surface area (Å²) >= 11 is 0. The molecule has 0 aliphatic carbocycles. The van der Waals surface area contributed by atoms with Gasteiger partial charge in [0.15, 0.2) is 11.5 Å². The molecule has 1 amide bonds. The van der Waals surface area contributed by atoms with Crippen LogP contribution in [0.3, 0.4) is 0 Å². The van der Waals surface area contributed by atoms with E-state index >= 15 is 0 Å². The van der Waals surface area contributed by atoms with Gasteiger partial charge < -0.3 is 19.5 Å². The van der Waals surface area contributed by atoms with Crippen molar-refractivity contribution in [2.45, 2.75) is 6.92 Å². The van der Waals surface area contributed by atoms with E-state index in [0.29, 0.717) is 30.4 Å². The van der Waals surface area contributed by atoms with Crippen molar-refractivity contribution in [2.24, 2.45) is 0 Å². The molecule has 0 saturated heterocycles. The molecule has 0 saturated carbocycles. The van der Waals surface area contributed by atoms with E-state index in [4.69, 9.17) is 14.2 Å². The maximum atomic E-state index is 10.7. The number of hydrogen-bond donors (Lipinski definition) is 1. The molecular weight excluding hydrogens is 222 g/mol. The lowest BCUT2D eigenvalue weighted by Crippen LogP contribution is -2.25. The summed E-state index contributed by atoms with van der Waals surface area (Å²) in [5.41, 5.74) is 0. The number of rotatable bonds is 6. The van der Waals surface area contributed by atoms with Gasteiger partial charge in [0.1, 0.15) is 6.61 Å². The Bertz CT molecular complexity index is 357.